The normalized spacial score (nSPS) is 21.3. The third-order valence-electron chi connectivity index (χ3n) is 5.06. The van der Waals surface area contributed by atoms with Gasteiger partial charge in [-0.2, -0.15) is 0 Å². The van der Waals surface area contributed by atoms with Gasteiger partial charge in [0.25, 0.3) is 0 Å². The number of esters is 1. The lowest BCUT2D eigenvalue weighted by Gasteiger charge is -2.42. The fourth-order valence-corrected chi connectivity index (χ4v) is 3.31. The predicted molar refractivity (Wildman–Crippen MR) is 98.7 cm³/mol. The van der Waals surface area contributed by atoms with Gasteiger partial charge in [-0.3, -0.25) is 9.69 Å². The second-order valence-electron chi connectivity index (χ2n) is 7.26. The minimum Gasteiger partial charge on any atom is -0.480 e. The zero-order chi connectivity index (χ0) is 19.4. The summed E-state index contributed by atoms with van der Waals surface area (Å²) in [4.78, 5) is 36.6. The third kappa shape index (κ3) is 5.43. The highest BCUT2D eigenvalue weighted by atomic mass is 16.5. The molecule has 0 aliphatic heterocycles. The first kappa shape index (κ1) is 19.2. The van der Waals surface area contributed by atoms with Gasteiger partial charge in [-0.1, -0.05) is 0 Å². The van der Waals surface area contributed by atoms with Crippen LogP contribution in [0.4, 0.5) is 10.5 Å². The van der Waals surface area contributed by atoms with E-state index in [2.05, 4.69) is 15.4 Å². The number of urea groups is 1. The van der Waals surface area contributed by atoms with Crippen LogP contribution in [0.1, 0.15) is 36.0 Å². The van der Waals surface area contributed by atoms with E-state index in [9.17, 15) is 14.4 Å². The Morgan fingerprint density at radius 3 is 2.41 bits per heavy atom. The van der Waals surface area contributed by atoms with Gasteiger partial charge in [-0.05, 0) is 55.9 Å². The number of anilines is 1. The van der Waals surface area contributed by atoms with Gasteiger partial charge in [0.15, 0.2) is 0 Å². The summed E-state index contributed by atoms with van der Waals surface area (Å²) in [5.74, 6) is -0.601. The van der Waals surface area contributed by atoms with Crippen LogP contribution in [0.25, 0.3) is 0 Å². The second-order valence-corrected chi connectivity index (χ2v) is 7.26. The van der Waals surface area contributed by atoms with Gasteiger partial charge in [-0.25, -0.2) is 9.59 Å². The number of hydrogen-bond donors (Lipinski definition) is 3. The van der Waals surface area contributed by atoms with Gasteiger partial charge >= 0.3 is 18.0 Å². The van der Waals surface area contributed by atoms with Gasteiger partial charge in [0, 0.05) is 24.3 Å². The Kier molecular flexibility index (Phi) is 5.95. The SMILES string of the molecule is COC(=O)c1ccc(NC(=O)NC2CC(N(CC(=O)O)CC3CC3)C2)cc1. The van der Waals surface area contributed by atoms with Gasteiger partial charge in [0.2, 0.25) is 0 Å². The molecule has 2 amide bonds. The van der Waals surface area contributed by atoms with Gasteiger partial charge in [0.05, 0.1) is 19.2 Å². The van der Waals surface area contributed by atoms with Crippen molar-refractivity contribution in [2.24, 2.45) is 5.92 Å². The standard InChI is InChI=1S/C19H25N3O5/c1-27-18(25)13-4-6-14(7-5-13)20-19(26)21-15-8-16(9-15)22(11-17(23)24)10-12-2-3-12/h4-7,12,15-16H,2-3,8-11H2,1H3,(H,23,24)(H2,20,21,26). The largest absolute Gasteiger partial charge is 0.480 e. The maximum atomic E-state index is 12.1. The van der Waals surface area contributed by atoms with Crippen molar-refractivity contribution in [2.75, 3.05) is 25.5 Å². The number of ether oxygens (including phenoxy) is 1. The van der Waals surface area contributed by atoms with E-state index < -0.39 is 11.9 Å². The summed E-state index contributed by atoms with van der Waals surface area (Å²) < 4.78 is 4.63. The Hall–Kier alpha value is -2.61. The Labute approximate surface area is 157 Å². The molecule has 0 bridgehead atoms. The molecule has 2 aliphatic rings. The first-order valence-corrected chi connectivity index (χ1v) is 9.16. The van der Waals surface area contributed by atoms with Crippen LogP contribution in [0, 0.1) is 5.92 Å². The van der Waals surface area contributed by atoms with Crippen LogP contribution in [0.3, 0.4) is 0 Å². The van der Waals surface area contributed by atoms with Crippen molar-refractivity contribution >= 4 is 23.7 Å². The molecule has 0 spiro atoms. The molecule has 3 N–H and O–H groups in total. The molecule has 3 rings (SSSR count). The maximum Gasteiger partial charge on any atom is 0.337 e. The van der Waals surface area contributed by atoms with Crippen LogP contribution >= 0.6 is 0 Å². The molecular weight excluding hydrogens is 350 g/mol. The minimum absolute atomic E-state index is 0.0415. The summed E-state index contributed by atoms with van der Waals surface area (Å²) in [6, 6.07) is 6.40. The average molecular weight is 375 g/mol. The number of methoxy groups -OCH3 is 1. The predicted octanol–water partition coefficient (Wildman–Crippen LogP) is 1.92. The molecule has 0 unspecified atom stereocenters. The van der Waals surface area contributed by atoms with E-state index in [0.717, 1.165) is 19.4 Å². The number of benzene rings is 1. The van der Waals surface area contributed by atoms with Crippen LogP contribution in [0.2, 0.25) is 0 Å². The summed E-state index contributed by atoms with van der Waals surface area (Å²) in [6.07, 6.45) is 3.88. The molecule has 0 heterocycles. The summed E-state index contributed by atoms with van der Waals surface area (Å²) in [5, 5.41) is 14.7. The molecule has 146 valence electrons. The molecule has 2 fully saturated rings. The molecule has 8 nitrogen and oxygen atoms in total. The molecule has 0 aromatic heterocycles. The lowest BCUT2D eigenvalue weighted by Crippen LogP contribution is -2.55. The number of carboxylic acids is 1. The summed E-state index contributed by atoms with van der Waals surface area (Å²) in [5.41, 5.74) is 0.997. The summed E-state index contributed by atoms with van der Waals surface area (Å²) in [7, 11) is 1.32. The van der Waals surface area contributed by atoms with E-state index in [1.165, 1.54) is 20.0 Å². The highest BCUT2D eigenvalue weighted by Gasteiger charge is 2.37. The van der Waals surface area contributed by atoms with Crippen molar-refractivity contribution in [1.82, 2.24) is 10.2 Å². The highest BCUT2D eigenvalue weighted by molar-refractivity contribution is 5.92. The number of amides is 2. The fourth-order valence-electron chi connectivity index (χ4n) is 3.31. The van der Waals surface area contributed by atoms with E-state index in [1.807, 2.05) is 4.90 Å². The van der Waals surface area contributed by atoms with Gasteiger partial charge < -0.3 is 20.5 Å². The topological polar surface area (TPSA) is 108 Å². The lowest BCUT2D eigenvalue weighted by atomic mass is 9.85. The smallest absolute Gasteiger partial charge is 0.337 e. The van der Waals surface area contributed by atoms with Crippen LogP contribution in [0.5, 0.6) is 0 Å². The number of hydrogen-bond acceptors (Lipinski definition) is 5. The van der Waals surface area contributed by atoms with Crippen molar-refractivity contribution < 1.29 is 24.2 Å². The second kappa shape index (κ2) is 8.39. The Morgan fingerprint density at radius 1 is 1.19 bits per heavy atom. The molecule has 0 saturated heterocycles. The molecule has 0 radical (unpaired) electrons. The van der Waals surface area contributed by atoms with E-state index >= 15 is 0 Å². The number of carbonyl (C=O) groups excluding carboxylic acids is 2. The third-order valence-corrected chi connectivity index (χ3v) is 5.06. The zero-order valence-electron chi connectivity index (χ0n) is 15.3. The number of rotatable bonds is 8. The maximum absolute atomic E-state index is 12.1. The number of nitrogens with one attached hydrogen (secondary N) is 2. The van der Waals surface area contributed by atoms with Crippen molar-refractivity contribution in [3.05, 3.63) is 29.8 Å². The van der Waals surface area contributed by atoms with E-state index in [4.69, 9.17) is 5.11 Å². The molecule has 0 atom stereocenters. The summed E-state index contributed by atoms with van der Waals surface area (Å²) >= 11 is 0. The fraction of sp³-hybridized carbons (Fsp3) is 0.526. The van der Waals surface area contributed by atoms with Gasteiger partial charge in [0.1, 0.15) is 0 Å². The van der Waals surface area contributed by atoms with Crippen LogP contribution in [0.15, 0.2) is 24.3 Å². The molecule has 27 heavy (non-hydrogen) atoms. The number of aliphatic carboxylic acids is 1. The average Bonchev–Trinajstić information content (AvgIpc) is 3.41. The van der Waals surface area contributed by atoms with E-state index in [0.29, 0.717) is 17.2 Å². The van der Waals surface area contributed by atoms with Crippen LogP contribution in [-0.4, -0.2) is 60.3 Å². The number of nitrogens with zero attached hydrogens (tertiary/aromatic N) is 1. The van der Waals surface area contributed by atoms with Crippen LogP contribution in [-0.2, 0) is 9.53 Å². The van der Waals surface area contributed by atoms with Crippen LogP contribution < -0.4 is 10.6 Å². The van der Waals surface area contributed by atoms with Gasteiger partial charge in [-0.15, -0.1) is 0 Å². The molecular formula is C19H25N3O5. The van der Waals surface area contributed by atoms with Crippen molar-refractivity contribution in [1.29, 1.82) is 0 Å². The molecule has 2 saturated carbocycles. The Bertz CT molecular complexity index is 696. The van der Waals surface area contributed by atoms with E-state index in [-0.39, 0.29) is 24.7 Å². The number of carbonyl (C=O) groups is 3. The first-order valence-electron chi connectivity index (χ1n) is 9.16. The highest BCUT2D eigenvalue weighted by Crippen LogP contribution is 2.33. The molecule has 1 aromatic carbocycles. The quantitative estimate of drug-likeness (QED) is 0.599. The van der Waals surface area contributed by atoms with Crippen molar-refractivity contribution in [3.63, 3.8) is 0 Å². The molecule has 2 aliphatic carbocycles. The van der Waals surface area contributed by atoms with Crippen molar-refractivity contribution in [2.45, 2.75) is 37.8 Å². The first-order chi connectivity index (χ1) is 12.9. The number of carboxylic acid groups (broad SMARTS) is 1. The molecule has 1 aromatic rings. The minimum atomic E-state index is -0.805. The van der Waals surface area contributed by atoms with Crippen molar-refractivity contribution in [3.8, 4) is 0 Å². The monoisotopic (exact) mass is 375 g/mol. The molecule has 8 heteroatoms. The zero-order valence-corrected chi connectivity index (χ0v) is 15.3. The lowest BCUT2D eigenvalue weighted by molar-refractivity contribution is -0.139. The Morgan fingerprint density at radius 2 is 1.85 bits per heavy atom. The summed E-state index contributed by atoms with van der Waals surface area (Å²) in [6.45, 7) is 0.898. The van der Waals surface area contributed by atoms with E-state index in [1.54, 1.807) is 24.3 Å². The Balaban J connectivity index is 1.42.